The van der Waals surface area contributed by atoms with Crippen molar-refractivity contribution in [3.8, 4) is 0 Å². The summed E-state index contributed by atoms with van der Waals surface area (Å²) in [5, 5.41) is 19.0. The van der Waals surface area contributed by atoms with Crippen molar-refractivity contribution in [1.29, 1.82) is 0 Å². The molecule has 76 valence electrons. The molecule has 3 atom stereocenters. The Morgan fingerprint density at radius 3 is 2.46 bits per heavy atom. The van der Waals surface area contributed by atoms with E-state index in [1.165, 1.54) is 0 Å². The van der Waals surface area contributed by atoms with Gasteiger partial charge in [0.25, 0.3) is 0 Å². The number of Topliss-reactive ketones (excluding diaryl/α,β-unsaturated/α-hetero) is 1. The molecule has 1 aliphatic rings. The maximum atomic E-state index is 11.6. The van der Waals surface area contributed by atoms with Crippen molar-refractivity contribution in [3.05, 3.63) is 0 Å². The van der Waals surface area contributed by atoms with E-state index in [4.69, 9.17) is 0 Å². The summed E-state index contributed by atoms with van der Waals surface area (Å²) in [5.74, 6) is -0.319. The first-order valence-corrected chi connectivity index (χ1v) is 4.94. The number of aliphatic hydroxyl groups is 2. The van der Waals surface area contributed by atoms with E-state index in [2.05, 4.69) is 0 Å². The van der Waals surface area contributed by atoms with Crippen LogP contribution in [0.5, 0.6) is 0 Å². The highest BCUT2D eigenvalue weighted by Gasteiger charge is 2.35. The van der Waals surface area contributed by atoms with Crippen LogP contribution >= 0.6 is 0 Å². The van der Waals surface area contributed by atoms with Gasteiger partial charge in [0.15, 0.2) is 0 Å². The van der Waals surface area contributed by atoms with E-state index in [-0.39, 0.29) is 17.6 Å². The molecule has 0 radical (unpaired) electrons. The molecule has 1 rings (SSSR count). The second-order valence-electron chi connectivity index (χ2n) is 4.15. The normalized spacial score (nSPS) is 35.0. The van der Waals surface area contributed by atoms with E-state index >= 15 is 0 Å². The summed E-state index contributed by atoms with van der Waals surface area (Å²) in [6, 6.07) is 0. The number of hydrogen-bond donors (Lipinski definition) is 2. The molecule has 2 N–H and O–H groups in total. The topological polar surface area (TPSA) is 57.5 Å². The van der Waals surface area contributed by atoms with Crippen molar-refractivity contribution in [2.45, 2.75) is 45.3 Å². The summed E-state index contributed by atoms with van der Waals surface area (Å²) in [6.45, 7) is 3.66. The third kappa shape index (κ3) is 2.29. The van der Waals surface area contributed by atoms with Gasteiger partial charge in [-0.3, -0.25) is 4.79 Å². The Hall–Kier alpha value is -0.410. The fraction of sp³-hybridized carbons (Fsp3) is 0.900. The van der Waals surface area contributed by atoms with E-state index in [1.54, 1.807) is 0 Å². The molecule has 1 fully saturated rings. The van der Waals surface area contributed by atoms with Gasteiger partial charge in [-0.05, 0) is 19.3 Å². The van der Waals surface area contributed by atoms with Gasteiger partial charge >= 0.3 is 0 Å². The van der Waals surface area contributed by atoms with Gasteiger partial charge in [0.2, 0.25) is 0 Å². The van der Waals surface area contributed by atoms with Gasteiger partial charge in [-0.1, -0.05) is 13.8 Å². The second kappa shape index (κ2) is 4.20. The van der Waals surface area contributed by atoms with E-state index in [1.807, 2.05) is 13.8 Å². The second-order valence-corrected chi connectivity index (χ2v) is 4.15. The van der Waals surface area contributed by atoms with Crippen LogP contribution in [0.25, 0.3) is 0 Å². The largest absolute Gasteiger partial charge is 0.390 e. The Labute approximate surface area is 78.8 Å². The SMILES string of the molecule is CC(C)C(=O)C1CCCC(O)C1O. The summed E-state index contributed by atoms with van der Waals surface area (Å²) >= 11 is 0. The minimum atomic E-state index is -0.844. The van der Waals surface area contributed by atoms with Crippen LogP contribution in [0.2, 0.25) is 0 Å². The third-order valence-electron chi connectivity index (χ3n) is 2.76. The number of carbonyl (C=O) groups is 1. The molecule has 1 saturated carbocycles. The highest BCUT2D eigenvalue weighted by molar-refractivity contribution is 5.83. The van der Waals surface area contributed by atoms with Crippen LogP contribution in [0.3, 0.4) is 0 Å². The Balaban J connectivity index is 2.62. The van der Waals surface area contributed by atoms with Gasteiger partial charge in [0, 0.05) is 11.8 Å². The van der Waals surface area contributed by atoms with Crippen LogP contribution in [-0.4, -0.2) is 28.2 Å². The zero-order valence-corrected chi connectivity index (χ0v) is 8.23. The van der Waals surface area contributed by atoms with Gasteiger partial charge in [0.05, 0.1) is 12.2 Å². The molecule has 0 bridgehead atoms. The third-order valence-corrected chi connectivity index (χ3v) is 2.76. The van der Waals surface area contributed by atoms with Gasteiger partial charge in [-0.25, -0.2) is 0 Å². The summed E-state index contributed by atoms with van der Waals surface area (Å²) < 4.78 is 0. The van der Waals surface area contributed by atoms with E-state index in [0.717, 1.165) is 12.8 Å². The minimum Gasteiger partial charge on any atom is -0.390 e. The highest BCUT2D eigenvalue weighted by Crippen LogP contribution is 2.27. The molecule has 1 aliphatic carbocycles. The molecule has 3 unspecified atom stereocenters. The fourth-order valence-electron chi connectivity index (χ4n) is 1.90. The molecule has 13 heavy (non-hydrogen) atoms. The molecular formula is C10H18O3. The van der Waals surface area contributed by atoms with Crippen molar-refractivity contribution in [2.75, 3.05) is 0 Å². The lowest BCUT2D eigenvalue weighted by atomic mass is 9.79. The van der Waals surface area contributed by atoms with Crippen molar-refractivity contribution in [1.82, 2.24) is 0 Å². The monoisotopic (exact) mass is 186 g/mol. The van der Waals surface area contributed by atoms with Crippen LogP contribution < -0.4 is 0 Å². The lowest BCUT2D eigenvalue weighted by molar-refractivity contribution is -0.136. The van der Waals surface area contributed by atoms with E-state index in [9.17, 15) is 15.0 Å². The molecule has 0 aromatic heterocycles. The fourth-order valence-corrected chi connectivity index (χ4v) is 1.90. The van der Waals surface area contributed by atoms with Crippen LogP contribution in [0.4, 0.5) is 0 Å². The summed E-state index contributed by atoms with van der Waals surface area (Å²) in [5.41, 5.74) is 0. The minimum absolute atomic E-state index is 0.0510. The lowest BCUT2D eigenvalue weighted by Gasteiger charge is -2.31. The number of carbonyl (C=O) groups excluding carboxylic acids is 1. The predicted octanol–water partition coefficient (Wildman–Crippen LogP) is 0.733. The first kappa shape index (κ1) is 10.7. The molecule has 0 saturated heterocycles. The van der Waals surface area contributed by atoms with Crippen LogP contribution in [0, 0.1) is 11.8 Å². The van der Waals surface area contributed by atoms with Crippen LogP contribution in [-0.2, 0) is 4.79 Å². The smallest absolute Gasteiger partial charge is 0.141 e. The predicted molar refractivity (Wildman–Crippen MR) is 49.2 cm³/mol. The first-order chi connectivity index (χ1) is 6.04. The molecule has 0 aromatic carbocycles. The first-order valence-electron chi connectivity index (χ1n) is 4.94. The summed E-state index contributed by atoms with van der Waals surface area (Å²) in [4.78, 5) is 11.6. The van der Waals surface area contributed by atoms with E-state index in [0.29, 0.717) is 6.42 Å². The highest BCUT2D eigenvalue weighted by atomic mass is 16.3. The average Bonchev–Trinajstić information content (AvgIpc) is 2.08. The zero-order valence-electron chi connectivity index (χ0n) is 8.23. The molecule has 0 heterocycles. The molecular weight excluding hydrogens is 168 g/mol. The Bertz CT molecular complexity index is 189. The van der Waals surface area contributed by atoms with Crippen LogP contribution in [0.15, 0.2) is 0 Å². The Morgan fingerprint density at radius 2 is 1.92 bits per heavy atom. The number of hydrogen-bond acceptors (Lipinski definition) is 3. The molecule has 0 aromatic rings. The molecule has 3 heteroatoms. The molecule has 0 aliphatic heterocycles. The summed E-state index contributed by atoms with van der Waals surface area (Å²) in [6.07, 6.45) is 0.615. The van der Waals surface area contributed by atoms with E-state index < -0.39 is 12.2 Å². The molecule has 0 spiro atoms. The average molecular weight is 186 g/mol. The Morgan fingerprint density at radius 1 is 1.31 bits per heavy atom. The van der Waals surface area contributed by atoms with Gasteiger partial charge in [-0.15, -0.1) is 0 Å². The summed E-state index contributed by atoms with van der Waals surface area (Å²) in [7, 11) is 0. The standard InChI is InChI=1S/C10H18O3/c1-6(2)9(12)7-4-3-5-8(11)10(7)13/h6-8,10-11,13H,3-5H2,1-2H3. The van der Waals surface area contributed by atoms with Crippen molar-refractivity contribution >= 4 is 5.78 Å². The number of rotatable bonds is 2. The number of aliphatic hydroxyl groups excluding tert-OH is 2. The maximum absolute atomic E-state index is 11.6. The molecule has 3 nitrogen and oxygen atoms in total. The van der Waals surface area contributed by atoms with Crippen molar-refractivity contribution < 1.29 is 15.0 Å². The van der Waals surface area contributed by atoms with Crippen molar-refractivity contribution in [3.63, 3.8) is 0 Å². The maximum Gasteiger partial charge on any atom is 0.141 e. The van der Waals surface area contributed by atoms with Crippen molar-refractivity contribution in [2.24, 2.45) is 11.8 Å². The van der Waals surface area contributed by atoms with Gasteiger partial charge < -0.3 is 10.2 Å². The van der Waals surface area contributed by atoms with Gasteiger partial charge in [0.1, 0.15) is 5.78 Å². The van der Waals surface area contributed by atoms with Crippen LogP contribution in [0.1, 0.15) is 33.1 Å². The zero-order chi connectivity index (χ0) is 10.0. The van der Waals surface area contributed by atoms with Gasteiger partial charge in [-0.2, -0.15) is 0 Å². The number of ketones is 1. The Kier molecular flexibility index (Phi) is 3.45. The lowest BCUT2D eigenvalue weighted by Crippen LogP contribution is -2.42. The molecule has 0 amide bonds. The quantitative estimate of drug-likeness (QED) is 0.668.